The highest BCUT2D eigenvalue weighted by Gasteiger charge is 2.41. The zero-order valence-corrected chi connectivity index (χ0v) is 13.8. The van der Waals surface area contributed by atoms with Gasteiger partial charge in [0.1, 0.15) is 5.82 Å². The number of halogens is 2. The van der Waals surface area contributed by atoms with Crippen LogP contribution in [0.1, 0.15) is 31.7 Å². The van der Waals surface area contributed by atoms with Crippen molar-refractivity contribution in [2.45, 2.75) is 32.2 Å². The van der Waals surface area contributed by atoms with Crippen LogP contribution in [0, 0.1) is 5.82 Å². The standard InChI is InChI=1S/C16H23ClFN3O/c1-3-19-16(20-8-9-22-4-2)21-14-10-11(14)15-12(17)6-5-7-13(15)18/h5-7,11,14H,3-4,8-10H2,1-2H3,(H2,19,20,21). The molecule has 0 radical (unpaired) electrons. The summed E-state index contributed by atoms with van der Waals surface area (Å²) in [6.45, 7) is 6.63. The first-order valence-corrected chi connectivity index (χ1v) is 8.11. The van der Waals surface area contributed by atoms with Gasteiger partial charge in [0.25, 0.3) is 0 Å². The quantitative estimate of drug-likeness (QED) is 0.460. The minimum absolute atomic E-state index is 0.101. The molecule has 1 aliphatic rings. The van der Waals surface area contributed by atoms with Crippen molar-refractivity contribution < 1.29 is 9.13 Å². The number of guanidine groups is 1. The van der Waals surface area contributed by atoms with Crippen molar-refractivity contribution in [1.29, 1.82) is 0 Å². The van der Waals surface area contributed by atoms with Crippen LogP contribution in [0.15, 0.2) is 23.2 Å². The van der Waals surface area contributed by atoms with Gasteiger partial charge in [0, 0.05) is 35.7 Å². The molecule has 0 heterocycles. The van der Waals surface area contributed by atoms with Gasteiger partial charge in [-0.25, -0.2) is 4.39 Å². The molecule has 1 aromatic carbocycles. The number of hydrogen-bond donors (Lipinski definition) is 2. The van der Waals surface area contributed by atoms with Crippen molar-refractivity contribution in [2.75, 3.05) is 26.3 Å². The van der Waals surface area contributed by atoms with Gasteiger partial charge in [0.05, 0.1) is 13.2 Å². The van der Waals surface area contributed by atoms with Crippen LogP contribution >= 0.6 is 11.6 Å². The molecule has 6 heteroatoms. The van der Waals surface area contributed by atoms with Gasteiger partial charge in [-0.3, -0.25) is 4.99 Å². The number of nitrogens with zero attached hydrogens (tertiary/aromatic N) is 1. The smallest absolute Gasteiger partial charge is 0.191 e. The van der Waals surface area contributed by atoms with Crippen LogP contribution in [-0.2, 0) is 4.74 Å². The maximum absolute atomic E-state index is 13.9. The molecule has 1 aromatic rings. The van der Waals surface area contributed by atoms with E-state index in [-0.39, 0.29) is 17.8 Å². The summed E-state index contributed by atoms with van der Waals surface area (Å²) >= 11 is 6.12. The SMILES string of the molecule is CCNC(=NCCOCC)NC1CC1c1c(F)cccc1Cl. The van der Waals surface area contributed by atoms with Gasteiger partial charge in [-0.2, -0.15) is 0 Å². The lowest BCUT2D eigenvalue weighted by Gasteiger charge is -2.12. The molecule has 0 saturated heterocycles. The van der Waals surface area contributed by atoms with Crippen LogP contribution in [0.3, 0.4) is 0 Å². The molecule has 0 bridgehead atoms. The maximum Gasteiger partial charge on any atom is 0.191 e. The molecular formula is C16H23ClFN3O. The molecule has 4 nitrogen and oxygen atoms in total. The fourth-order valence-corrected chi connectivity index (χ4v) is 2.70. The van der Waals surface area contributed by atoms with Crippen LogP contribution < -0.4 is 10.6 Å². The number of nitrogens with one attached hydrogen (secondary N) is 2. The van der Waals surface area contributed by atoms with Crippen molar-refractivity contribution in [2.24, 2.45) is 4.99 Å². The van der Waals surface area contributed by atoms with Crippen molar-refractivity contribution in [3.63, 3.8) is 0 Å². The minimum Gasteiger partial charge on any atom is -0.380 e. The topological polar surface area (TPSA) is 45.7 Å². The van der Waals surface area contributed by atoms with Gasteiger partial charge >= 0.3 is 0 Å². The lowest BCUT2D eigenvalue weighted by atomic mass is 10.1. The van der Waals surface area contributed by atoms with E-state index in [9.17, 15) is 4.39 Å². The summed E-state index contributed by atoms with van der Waals surface area (Å²) in [7, 11) is 0. The van der Waals surface area contributed by atoms with E-state index in [1.54, 1.807) is 12.1 Å². The zero-order chi connectivity index (χ0) is 15.9. The zero-order valence-electron chi connectivity index (χ0n) is 13.0. The predicted octanol–water partition coefficient (Wildman–Crippen LogP) is 2.93. The molecule has 0 spiro atoms. The molecule has 0 aliphatic heterocycles. The molecule has 2 N–H and O–H groups in total. The second-order valence-electron chi connectivity index (χ2n) is 5.19. The lowest BCUT2D eigenvalue weighted by molar-refractivity contribution is 0.155. The minimum atomic E-state index is -0.236. The summed E-state index contributed by atoms with van der Waals surface area (Å²) in [6, 6.07) is 4.99. The van der Waals surface area contributed by atoms with Crippen LogP contribution in [0.4, 0.5) is 4.39 Å². The Morgan fingerprint density at radius 3 is 2.95 bits per heavy atom. The van der Waals surface area contributed by atoms with E-state index in [1.165, 1.54) is 6.07 Å². The Morgan fingerprint density at radius 2 is 2.27 bits per heavy atom. The average molecular weight is 328 g/mol. The number of benzene rings is 1. The van der Waals surface area contributed by atoms with Gasteiger partial charge in [0.15, 0.2) is 5.96 Å². The molecule has 22 heavy (non-hydrogen) atoms. The third-order valence-corrected chi connectivity index (χ3v) is 3.87. The highest BCUT2D eigenvalue weighted by molar-refractivity contribution is 6.31. The van der Waals surface area contributed by atoms with E-state index in [2.05, 4.69) is 15.6 Å². The third-order valence-electron chi connectivity index (χ3n) is 3.54. The predicted molar refractivity (Wildman–Crippen MR) is 88.2 cm³/mol. The maximum atomic E-state index is 13.9. The highest BCUT2D eigenvalue weighted by Crippen LogP contribution is 2.44. The Labute approximate surface area is 136 Å². The van der Waals surface area contributed by atoms with Gasteiger partial charge in [0.2, 0.25) is 0 Å². The van der Waals surface area contributed by atoms with Crippen LogP contribution in [0.2, 0.25) is 5.02 Å². The van der Waals surface area contributed by atoms with E-state index in [1.807, 2.05) is 13.8 Å². The van der Waals surface area contributed by atoms with Crippen molar-refractivity contribution in [1.82, 2.24) is 10.6 Å². The highest BCUT2D eigenvalue weighted by atomic mass is 35.5. The van der Waals surface area contributed by atoms with Gasteiger partial charge < -0.3 is 15.4 Å². The Bertz CT molecular complexity index is 504. The van der Waals surface area contributed by atoms with Crippen molar-refractivity contribution >= 4 is 17.6 Å². The van der Waals surface area contributed by atoms with E-state index < -0.39 is 0 Å². The Balaban J connectivity index is 1.93. The summed E-state index contributed by atoms with van der Waals surface area (Å²) in [6.07, 6.45) is 0.858. The number of ether oxygens (including phenoxy) is 1. The average Bonchev–Trinajstić information content (AvgIpc) is 3.22. The van der Waals surface area contributed by atoms with Gasteiger partial charge in [-0.05, 0) is 32.4 Å². The number of hydrogen-bond acceptors (Lipinski definition) is 2. The summed E-state index contributed by atoms with van der Waals surface area (Å²) < 4.78 is 19.2. The number of rotatable bonds is 7. The van der Waals surface area contributed by atoms with Gasteiger partial charge in [-0.1, -0.05) is 17.7 Å². The summed E-state index contributed by atoms with van der Waals surface area (Å²) in [5, 5.41) is 7.01. The second kappa shape index (κ2) is 8.34. The monoisotopic (exact) mass is 327 g/mol. The first kappa shape index (κ1) is 17.0. The number of aliphatic imine (C=N–C) groups is 1. The molecule has 1 fully saturated rings. The van der Waals surface area contributed by atoms with Crippen LogP contribution in [-0.4, -0.2) is 38.3 Å². The molecule has 1 saturated carbocycles. The van der Waals surface area contributed by atoms with Crippen LogP contribution in [0.5, 0.6) is 0 Å². The van der Waals surface area contributed by atoms with Crippen LogP contribution in [0.25, 0.3) is 0 Å². The largest absolute Gasteiger partial charge is 0.380 e. The van der Waals surface area contributed by atoms with E-state index in [4.69, 9.17) is 16.3 Å². The van der Waals surface area contributed by atoms with E-state index in [0.717, 1.165) is 18.9 Å². The van der Waals surface area contributed by atoms with Crippen molar-refractivity contribution in [3.8, 4) is 0 Å². The molecule has 0 aromatic heterocycles. The van der Waals surface area contributed by atoms with E-state index >= 15 is 0 Å². The summed E-state index contributed by atoms with van der Waals surface area (Å²) in [5.74, 6) is 0.603. The fraction of sp³-hybridized carbons (Fsp3) is 0.562. The third kappa shape index (κ3) is 4.58. The molecule has 2 rings (SSSR count). The van der Waals surface area contributed by atoms with E-state index in [0.29, 0.717) is 30.3 Å². The summed E-state index contributed by atoms with van der Waals surface area (Å²) in [5.41, 5.74) is 0.604. The molecule has 2 atom stereocenters. The molecule has 0 amide bonds. The lowest BCUT2D eigenvalue weighted by Crippen LogP contribution is -2.39. The normalized spacial score (nSPS) is 20.8. The molecule has 2 unspecified atom stereocenters. The molecule has 122 valence electrons. The Hall–Kier alpha value is -1.33. The van der Waals surface area contributed by atoms with Gasteiger partial charge in [-0.15, -0.1) is 0 Å². The first-order chi connectivity index (χ1) is 10.7. The molecule has 1 aliphatic carbocycles. The Morgan fingerprint density at radius 1 is 1.45 bits per heavy atom. The first-order valence-electron chi connectivity index (χ1n) is 7.73. The fourth-order valence-electron chi connectivity index (χ4n) is 2.40. The van der Waals surface area contributed by atoms with Crippen molar-refractivity contribution in [3.05, 3.63) is 34.6 Å². The summed E-state index contributed by atoms with van der Waals surface area (Å²) in [4.78, 5) is 4.45. The molecular weight excluding hydrogens is 305 g/mol. The Kier molecular flexibility index (Phi) is 6.46. The second-order valence-corrected chi connectivity index (χ2v) is 5.59.